The fraction of sp³-hybridized carbons (Fsp3) is 0.200. The molecule has 5 nitrogen and oxygen atoms in total. The van der Waals surface area contributed by atoms with E-state index in [2.05, 4.69) is 16.1 Å². The van der Waals surface area contributed by atoms with Crippen LogP contribution in [0.3, 0.4) is 0 Å². The molecule has 1 aromatic carbocycles. The number of rotatable bonds is 4. The van der Waals surface area contributed by atoms with E-state index in [9.17, 15) is 4.79 Å². The molecule has 6 heteroatoms. The minimum Gasteiger partial charge on any atom is -0.488 e. The summed E-state index contributed by atoms with van der Waals surface area (Å²) in [6.45, 7) is 2.28. The van der Waals surface area contributed by atoms with Gasteiger partial charge in [-0.15, -0.1) is 11.3 Å². The molecule has 0 unspecified atom stereocenters. The molecule has 0 aliphatic carbocycles. The summed E-state index contributed by atoms with van der Waals surface area (Å²) in [5.41, 5.74) is 1.55. The SMILES string of the molecule is COC(=O)Nc1ccc(OCc2ccc(C#N)s2)cc1C. The third kappa shape index (κ3) is 3.97. The molecule has 0 bridgehead atoms. The summed E-state index contributed by atoms with van der Waals surface area (Å²) in [6.07, 6.45) is -0.505. The lowest BCUT2D eigenvalue weighted by Gasteiger charge is -2.10. The molecule has 0 aliphatic heterocycles. The Morgan fingerprint density at radius 2 is 2.19 bits per heavy atom. The normalized spacial score (nSPS) is 9.76. The summed E-state index contributed by atoms with van der Waals surface area (Å²) >= 11 is 1.41. The highest BCUT2D eigenvalue weighted by molar-refractivity contribution is 7.12. The van der Waals surface area contributed by atoms with E-state index in [1.807, 2.05) is 19.1 Å². The van der Waals surface area contributed by atoms with Crippen molar-refractivity contribution >= 4 is 23.1 Å². The molecule has 21 heavy (non-hydrogen) atoms. The van der Waals surface area contributed by atoms with Gasteiger partial charge in [0.05, 0.1) is 7.11 Å². The lowest BCUT2D eigenvalue weighted by molar-refractivity contribution is 0.187. The molecule has 0 aliphatic rings. The number of hydrogen-bond donors (Lipinski definition) is 1. The van der Waals surface area contributed by atoms with Crippen LogP contribution in [0.2, 0.25) is 0 Å². The summed E-state index contributed by atoms with van der Waals surface area (Å²) in [5, 5.41) is 11.4. The van der Waals surface area contributed by atoms with Crippen molar-refractivity contribution in [1.82, 2.24) is 0 Å². The van der Waals surface area contributed by atoms with Crippen molar-refractivity contribution in [2.45, 2.75) is 13.5 Å². The molecule has 2 rings (SSSR count). The van der Waals surface area contributed by atoms with Crippen LogP contribution in [0.25, 0.3) is 0 Å². The van der Waals surface area contributed by atoms with Crippen LogP contribution in [-0.4, -0.2) is 13.2 Å². The zero-order valence-corrected chi connectivity index (χ0v) is 12.5. The molecule has 1 aromatic heterocycles. The first-order valence-electron chi connectivity index (χ1n) is 6.19. The highest BCUT2D eigenvalue weighted by atomic mass is 32.1. The summed E-state index contributed by atoms with van der Waals surface area (Å²) in [6, 6.07) is 11.1. The Labute approximate surface area is 126 Å². The number of aryl methyl sites for hydroxylation is 1. The Hall–Kier alpha value is -2.52. The second-order valence-corrected chi connectivity index (χ2v) is 5.43. The Morgan fingerprint density at radius 3 is 2.81 bits per heavy atom. The van der Waals surface area contributed by atoms with Gasteiger partial charge in [0.25, 0.3) is 0 Å². The lowest BCUT2D eigenvalue weighted by atomic mass is 10.2. The van der Waals surface area contributed by atoms with Crippen molar-refractivity contribution in [3.05, 3.63) is 45.6 Å². The first-order valence-corrected chi connectivity index (χ1v) is 7.01. The van der Waals surface area contributed by atoms with Crippen molar-refractivity contribution < 1.29 is 14.3 Å². The highest BCUT2D eigenvalue weighted by Crippen LogP contribution is 2.23. The van der Waals surface area contributed by atoms with Crippen LogP contribution in [0.15, 0.2) is 30.3 Å². The largest absolute Gasteiger partial charge is 0.488 e. The van der Waals surface area contributed by atoms with Crippen molar-refractivity contribution in [1.29, 1.82) is 5.26 Å². The molecule has 1 N–H and O–H groups in total. The van der Waals surface area contributed by atoms with E-state index in [-0.39, 0.29) is 0 Å². The van der Waals surface area contributed by atoms with Gasteiger partial charge in [0.1, 0.15) is 23.3 Å². The maximum Gasteiger partial charge on any atom is 0.411 e. The predicted octanol–water partition coefficient (Wildman–Crippen LogP) is 3.69. The van der Waals surface area contributed by atoms with Crippen molar-refractivity contribution in [3.63, 3.8) is 0 Å². The number of thiophene rings is 1. The number of methoxy groups -OCH3 is 1. The van der Waals surface area contributed by atoms with E-state index in [4.69, 9.17) is 10.00 Å². The van der Waals surface area contributed by atoms with Crippen LogP contribution in [-0.2, 0) is 11.3 Å². The average molecular weight is 302 g/mol. The smallest absolute Gasteiger partial charge is 0.411 e. The number of carbonyl (C=O) groups is 1. The minimum atomic E-state index is -0.505. The Kier molecular flexibility index (Phi) is 4.80. The van der Waals surface area contributed by atoms with E-state index in [0.29, 0.717) is 22.9 Å². The zero-order valence-electron chi connectivity index (χ0n) is 11.7. The Balaban J connectivity index is 2.00. The second kappa shape index (κ2) is 6.77. The molecule has 0 saturated carbocycles. The maximum atomic E-state index is 11.2. The maximum absolute atomic E-state index is 11.2. The van der Waals surface area contributed by atoms with Crippen molar-refractivity contribution in [2.75, 3.05) is 12.4 Å². The number of carbonyl (C=O) groups excluding carboxylic acids is 1. The highest BCUT2D eigenvalue weighted by Gasteiger charge is 2.06. The first kappa shape index (κ1) is 14.9. The quantitative estimate of drug-likeness (QED) is 0.935. The van der Waals surface area contributed by atoms with Gasteiger partial charge in [-0.05, 0) is 42.8 Å². The van der Waals surface area contributed by atoms with Gasteiger partial charge >= 0.3 is 6.09 Å². The predicted molar refractivity (Wildman–Crippen MR) is 80.6 cm³/mol. The van der Waals surface area contributed by atoms with Gasteiger partial charge in [-0.2, -0.15) is 5.26 Å². The van der Waals surface area contributed by atoms with Gasteiger partial charge in [0, 0.05) is 10.6 Å². The zero-order chi connectivity index (χ0) is 15.2. The number of hydrogen-bond acceptors (Lipinski definition) is 5. The van der Waals surface area contributed by atoms with Gasteiger partial charge in [0.2, 0.25) is 0 Å². The average Bonchev–Trinajstić information content (AvgIpc) is 2.95. The summed E-state index contributed by atoms with van der Waals surface area (Å²) in [4.78, 5) is 12.8. The first-order chi connectivity index (χ1) is 10.1. The van der Waals surface area contributed by atoms with E-state index in [0.717, 1.165) is 10.4 Å². The molecule has 0 saturated heterocycles. The number of nitrogens with zero attached hydrogens (tertiary/aromatic N) is 1. The van der Waals surface area contributed by atoms with Gasteiger partial charge in [0.15, 0.2) is 0 Å². The third-order valence-electron chi connectivity index (χ3n) is 2.77. The van der Waals surface area contributed by atoms with E-state index >= 15 is 0 Å². The Morgan fingerprint density at radius 1 is 1.38 bits per heavy atom. The minimum absolute atomic E-state index is 0.412. The molecule has 0 atom stereocenters. The van der Waals surface area contributed by atoms with Gasteiger partial charge in [-0.1, -0.05) is 0 Å². The second-order valence-electron chi connectivity index (χ2n) is 4.26. The summed E-state index contributed by atoms with van der Waals surface area (Å²) in [5.74, 6) is 0.704. The van der Waals surface area contributed by atoms with Crippen LogP contribution in [0.5, 0.6) is 5.75 Å². The number of benzene rings is 1. The fourth-order valence-corrected chi connectivity index (χ4v) is 2.42. The number of amides is 1. The molecule has 0 fully saturated rings. The van der Waals surface area contributed by atoms with Crippen molar-refractivity contribution in [2.24, 2.45) is 0 Å². The standard InChI is InChI=1S/C15H14N2O3S/c1-10-7-11(3-6-14(10)17-15(18)19-2)20-9-13-5-4-12(8-16)21-13/h3-7H,9H2,1-2H3,(H,17,18). The lowest BCUT2D eigenvalue weighted by Crippen LogP contribution is -2.11. The number of anilines is 1. The van der Waals surface area contributed by atoms with Crippen LogP contribution in [0.4, 0.5) is 10.5 Å². The summed E-state index contributed by atoms with van der Waals surface area (Å²) < 4.78 is 10.2. The fourth-order valence-electron chi connectivity index (χ4n) is 1.70. The molecular weight excluding hydrogens is 288 g/mol. The molecule has 2 aromatic rings. The van der Waals surface area contributed by atoms with E-state index in [1.165, 1.54) is 18.4 Å². The number of ether oxygens (including phenoxy) is 2. The molecule has 1 amide bonds. The molecule has 108 valence electrons. The molecular formula is C15H14N2O3S. The van der Waals surface area contributed by atoms with Crippen LogP contribution in [0.1, 0.15) is 15.3 Å². The summed E-state index contributed by atoms with van der Waals surface area (Å²) in [7, 11) is 1.32. The molecule has 0 spiro atoms. The van der Waals surface area contributed by atoms with Crippen LogP contribution in [0, 0.1) is 18.3 Å². The van der Waals surface area contributed by atoms with Crippen LogP contribution >= 0.6 is 11.3 Å². The van der Waals surface area contributed by atoms with Gasteiger partial charge < -0.3 is 9.47 Å². The number of nitriles is 1. The molecule has 0 radical (unpaired) electrons. The van der Waals surface area contributed by atoms with Crippen molar-refractivity contribution in [3.8, 4) is 11.8 Å². The molecule has 1 heterocycles. The van der Waals surface area contributed by atoms with E-state index in [1.54, 1.807) is 18.2 Å². The Bertz CT molecular complexity index is 688. The monoisotopic (exact) mass is 302 g/mol. The third-order valence-corrected chi connectivity index (χ3v) is 3.74. The van der Waals surface area contributed by atoms with E-state index < -0.39 is 6.09 Å². The van der Waals surface area contributed by atoms with Crippen LogP contribution < -0.4 is 10.1 Å². The van der Waals surface area contributed by atoms with Gasteiger partial charge in [-0.25, -0.2) is 4.79 Å². The number of nitrogens with one attached hydrogen (secondary N) is 1. The van der Waals surface area contributed by atoms with Gasteiger partial charge in [-0.3, -0.25) is 5.32 Å². The topological polar surface area (TPSA) is 71.3 Å².